The van der Waals surface area contributed by atoms with E-state index in [1.165, 1.54) is 70.6 Å². The molecule has 2 atom stereocenters. The summed E-state index contributed by atoms with van der Waals surface area (Å²) < 4.78 is 36.2. The van der Waals surface area contributed by atoms with Crippen LogP contribution in [0.3, 0.4) is 0 Å². The molecule has 2 aromatic carbocycles. The molecule has 0 aliphatic carbocycles. The molecule has 0 heterocycles. The van der Waals surface area contributed by atoms with E-state index in [0.29, 0.717) is 23.5 Å². The van der Waals surface area contributed by atoms with E-state index < -0.39 is 15.2 Å². The molecule has 0 spiro atoms. The Morgan fingerprint density at radius 1 is 0.535 bits per heavy atom. The van der Waals surface area contributed by atoms with Crippen LogP contribution in [0.1, 0.15) is 108 Å². The van der Waals surface area contributed by atoms with Crippen molar-refractivity contribution in [2.45, 2.75) is 111 Å². The summed E-state index contributed by atoms with van der Waals surface area (Å²) in [5.41, 5.74) is 2.05. The maximum absolute atomic E-state index is 12.7. The molecule has 2 unspecified atom stereocenters. The molecule has 0 bridgehead atoms. The van der Waals surface area contributed by atoms with Gasteiger partial charge in [-0.05, 0) is 63.9 Å². The van der Waals surface area contributed by atoms with E-state index >= 15 is 0 Å². The van der Waals surface area contributed by atoms with Crippen LogP contribution in [-0.2, 0) is 18.2 Å². The van der Waals surface area contributed by atoms with Gasteiger partial charge >= 0.3 is 15.2 Å². The van der Waals surface area contributed by atoms with E-state index in [-0.39, 0.29) is 13.2 Å². The van der Waals surface area contributed by atoms with Crippen molar-refractivity contribution in [3.05, 3.63) is 59.7 Å². The van der Waals surface area contributed by atoms with E-state index in [1.807, 2.05) is 38.1 Å². The quantitative estimate of drug-likeness (QED) is 0.0833. The third-order valence-electron chi connectivity index (χ3n) is 7.82. The smallest absolute Gasteiger partial charge is 0.321 e. The molecule has 2 aromatic rings. The molecule has 7 nitrogen and oxygen atoms in total. The zero-order valence-corrected chi connectivity index (χ0v) is 28.7. The third-order valence-corrected chi connectivity index (χ3v) is 10.8. The number of benzene rings is 2. The average Bonchev–Trinajstić information content (AvgIpc) is 2.98. The van der Waals surface area contributed by atoms with Gasteiger partial charge in [-0.25, -0.2) is 0 Å². The Labute approximate surface area is 261 Å². The van der Waals surface area contributed by atoms with Crippen LogP contribution in [0.15, 0.2) is 48.5 Å². The largest absolute Gasteiger partial charge is 0.358 e. The van der Waals surface area contributed by atoms with Crippen molar-refractivity contribution in [1.29, 1.82) is 0 Å². The fourth-order valence-electron chi connectivity index (χ4n) is 5.08. The van der Waals surface area contributed by atoms with Gasteiger partial charge in [0, 0.05) is 13.1 Å². The van der Waals surface area contributed by atoms with Gasteiger partial charge in [-0.15, -0.1) is 0 Å². The molecule has 244 valence electrons. The number of unbranched alkanes of at least 4 members (excludes halogenated alkanes) is 11. The second-order valence-electron chi connectivity index (χ2n) is 11.8. The number of nitrogens with zero attached hydrogens (tertiary/aromatic N) is 1. The molecule has 0 radical (unpaired) electrons. The first kappa shape index (κ1) is 37.9. The fraction of sp³-hybridized carbons (Fsp3) is 0.647. The Hall–Kier alpha value is -1.30. The Bertz CT molecular complexity index is 1020. The molecular formula is C34H57NO6P2. The summed E-state index contributed by atoms with van der Waals surface area (Å²) in [6.45, 7) is 8.87. The van der Waals surface area contributed by atoms with Crippen molar-refractivity contribution < 1.29 is 28.0 Å². The van der Waals surface area contributed by atoms with E-state index in [9.17, 15) is 18.9 Å². The number of aryl methyl sites for hydroxylation is 2. The first-order valence-corrected chi connectivity index (χ1v) is 19.6. The normalized spacial score (nSPS) is 14.6. The summed E-state index contributed by atoms with van der Waals surface area (Å²) in [5, 5.41) is 0.621. The Kier molecular flexibility index (Phi) is 18.9. The highest BCUT2D eigenvalue weighted by Crippen LogP contribution is 2.41. The molecule has 0 fully saturated rings. The molecule has 43 heavy (non-hydrogen) atoms. The van der Waals surface area contributed by atoms with Crippen molar-refractivity contribution in [2.24, 2.45) is 0 Å². The molecule has 0 saturated heterocycles. The lowest BCUT2D eigenvalue weighted by atomic mass is 10.1. The molecule has 2 N–H and O–H groups in total. The monoisotopic (exact) mass is 637 g/mol. The van der Waals surface area contributed by atoms with Gasteiger partial charge in [0.2, 0.25) is 0 Å². The number of hydrogen-bond donors (Lipinski definition) is 2. The molecule has 0 aliphatic rings. The topological polar surface area (TPSA) is 96.3 Å². The Morgan fingerprint density at radius 2 is 0.860 bits per heavy atom. The summed E-state index contributed by atoms with van der Waals surface area (Å²) in [6, 6.07) is 13.8. The maximum atomic E-state index is 12.7. The van der Waals surface area contributed by atoms with Crippen LogP contribution in [0, 0.1) is 13.8 Å². The van der Waals surface area contributed by atoms with Gasteiger partial charge in [-0.2, -0.15) is 0 Å². The first-order valence-electron chi connectivity index (χ1n) is 16.5. The second kappa shape index (κ2) is 21.4. The molecule has 9 heteroatoms. The number of rotatable bonds is 25. The fourth-order valence-corrected chi connectivity index (χ4v) is 7.18. The summed E-state index contributed by atoms with van der Waals surface area (Å²) in [6.07, 6.45) is 16.8. The van der Waals surface area contributed by atoms with Crippen LogP contribution in [0.4, 0.5) is 0 Å². The van der Waals surface area contributed by atoms with Gasteiger partial charge < -0.3 is 23.7 Å². The van der Waals surface area contributed by atoms with Gasteiger partial charge in [-0.3, -0.25) is 9.13 Å². The average molecular weight is 638 g/mol. The van der Waals surface area contributed by atoms with Crippen molar-refractivity contribution in [1.82, 2.24) is 4.90 Å². The summed E-state index contributed by atoms with van der Waals surface area (Å²) >= 11 is 0. The van der Waals surface area contributed by atoms with Crippen molar-refractivity contribution >= 4 is 25.8 Å². The van der Waals surface area contributed by atoms with E-state index in [0.717, 1.165) is 37.2 Å². The lowest BCUT2D eigenvalue weighted by Gasteiger charge is -2.23. The van der Waals surface area contributed by atoms with Gasteiger partial charge in [0.25, 0.3) is 0 Å². The highest BCUT2D eigenvalue weighted by Gasteiger charge is 2.23. The van der Waals surface area contributed by atoms with Gasteiger partial charge in [-0.1, -0.05) is 113 Å². The van der Waals surface area contributed by atoms with Gasteiger partial charge in [0.1, 0.15) is 0 Å². The zero-order valence-electron chi connectivity index (χ0n) is 26.9. The molecule has 2 rings (SSSR count). The predicted octanol–water partition coefficient (Wildman–Crippen LogP) is 8.44. The summed E-state index contributed by atoms with van der Waals surface area (Å²) in [5.74, 6) is 0. The second-order valence-corrected chi connectivity index (χ2v) is 15.4. The van der Waals surface area contributed by atoms with Crippen LogP contribution in [0.25, 0.3) is 0 Å². The van der Waals surface area contributed by atoms with E-state index in [1.54, 1.807) is 24.3 Å². The van der Waals surface area contributed by atoms with Crippen molar-refractivity contribution in [2.75, 3.05) is 32.8 Å². The van der Waals surface area contributed by atoms with Crippen LogP contribution in [0.5, 0.6) is 0 Å². The lowest BCUT2D eigenvalue weighted by molar-refractivity contribution is 0.199. The Balaban J connectivity index is 1.73. The minimum absolute atomic E-state index is 0.187. The minimum Gasteiger partial charge on any atom is -0.321 e. The minimum atomic E-state index is -3.85. The summed E-state index contributed by atoms with van der Waals surface area (Å²) in [7, 11) is -7.70. The summed E-state index contributed by atoms with van der Waals surface area (Å²) in [4.78, 5) is 23.1. The van der Waals surface area contributed by atoms with Crippen LogP contribution in [-0.4, -0.2) is 47.5 Å². The number of hydrogen-bond acceptors (Lipinski definition) is 5. The molecule has 0 saturated carbocycles. The SMILES string of the molecule is CCCCCCCCCCCCCCN(CCCOP(=O)(O)c1ccc(C)cc1)CCCOP(=O)(O)c1ccc(C)cc1. The predicted molar refractivity (Wildman–Crippen MR) is 180 cm³/mol. The first-order chi connectivity index (χ1) is 20.6. The van der Waals surface area contributed by atoms with Crippen LogP contribution in [0.2, 0.25) is 0 Å². The van der Waals surface area contributed by atoms with Crippen molar-refractivity contribution in [3.63, 3.8) is 0 Å². The highest BCUT2D eigenvalue weighted by atomic mass is 31.2. The van der Waals surface area contributed by atoms with Crippen LogP contribution >= 0.6 is 15.2 Å². The van der Waals surface area contributed by atoms with E-state index in [4.69, 9.17) is 9.05 Å². The molecule has 0 amide bonds. The zero-order chi connectivity index (χ0) is 31.4. The van der Waals surface area contributed by atoms with E-state index in [2.05, 4.69) is 11.8 Å². The molecule has 0 aliphatic heterocycles. The van der Waals surface area contributed by atoms with Gasteiger partial charge in [0.05, 0.1) is 23.8 Å². The van der Waals surface area contributed by atoms with Gasteiger partial charge in [0.15, 0.2) is 0 Å². The molecule has 0 aromatic heterocycles. The Morgan fingerprint density at radius 3 is 1.23 bits per heavy atom. The maximum Gasteiger partial charge on any atom is 0.358 e. The van der Waals surface area contributed by atoms with Crippen LogP contribution < -0.4 is 10.6 Å². The standard InChI is InChI=1S/C34H57NO6P2/c1-4-5-6-7-8-9-10-11-12-13-14-15-26-35(27-16-29-40-42(36,37)33-22-18-31(2)19-23-33)28-17-30-41-43(38,39)34-24-20-32(3)21-25-34/h18-25H,4-17,26-30H2,1-3H3,(H,36,37)(H,38,39). The van der Waals surface area contributed by atoms with Crippen molar-refractivity contribution in [3.8, 4) is 0 Å². The lowest BCUT2D eigenvalue weighted by Crippen LogP contribution is -2.29. The third kappa shape index (κ3) is 16.5. The molecular weight excluding hydrogens is 580 g/mol. The highest BCUT2D eigenvalue weighted by molar-refractivity contribution is 7.61.